The molecular formula is C29H35N5O9. The number of hydrogen-bond donors (Lipinski definition) is 3. The van der Waals surface area contributed by atoms with Crippen LogP contribution in [0.2, 0.25) is 0 Å². The lowest BCUT2D eigenvalue weighted by Gasteiger charge is -2.19. The minimum absolute atomic E-state index is 0.0446. The molecule has 2 amide bonds. The van der Waals surface area contributed by atoms with Crippen LogP contribution < -0.4 is 16.3 Å². The normalized spacial score (nSPS) is 11.8. The molecule has 0 bridgehead atoms. The van der Waals surface area contributed by atoms with E-state index in [1.165, 1.54) is 27.7 Å². The van der Waals surface area contributed by atoms with E-state index in [4.69, 9.17) is 14.2 Å². The fourth-order valence-electron chi connectivity index (χ4n) is 4.44. The molecule has 0 aliphatic carbocycles. The summed E-state index contributed by atoms with van der Waals surface area (Å²) in [6.07, 6.45) is -1.04. The Labute approximate surface area is 247 Å². The maximum atomic E-state index is 13.7. The number of benzene rings is 1. The lowest BCUT2D eigenvalue weighted by atomic mass is 9.99. The summed E-state index contributed by atoms with van der Waals surface area (Å²) in [6.45, 7) is 10.6. The first kappa shape index (κ1) is 32.4. The molecule has 0 saturated heterocycles. The predicted molar refractivity (Wildman–Crippen MR) is 155 cm³/mol. The summed E-state index contributed by atoms with van der Waals surface area (Å²) in [5, 5.41) is 5.25. The average molecular weight is 598 g/mol. The number of hydrogen-bond acceptors (Lipinski definition) is 9. The molecule has 43 heavy (non-hydrogen) atoms. The number of rotatable bonds is 8. The molecule has 14 nitrogen and oxygen atoms in total. The molecule has 1 atom stereocenters. The Morgan fingerprint density at radius 2 is 1.58 bits per heavy atom. The highest BCUT2D eigenvalue weighted by Gasteiger charge is 2.38. The van der Waals surface area contributed by atoms with E-state index in [0.717, 1.165) is 11.8 Å². The van der Waals surface area contributed by atoms with Gasteiger partial charge in [-0.1, -0.05) is 18.2 Å². The molecular weight excluding hydrogens is 562 g/mol. The third-order valence-corrected chi connectivity index (χ3v) is 6.28. The van der Waals surface area contributed by atoms with Gasteiger partial charge in [0.25, 0.3) is 17.4 Å². The Morgan fingerprint density at radius 3 is 2.14 bits per heavy atom. The van der Waals surface area contributed by atoms with Crippen molar-refractivity contribution in [3.8, 4) is 0 Å². The number of aryl methyl sites for hydroxylation is 1. The molecule has 0 fully saturated rings. The summed E-state index contributed by atoms with van der Waals surface area (Å²) in [5.74, 6) is -5.41. The molecule has 1 aromatic carbocycles. The molecule has 230 valence electrons. The molecule has 2 heterocycles. The highest BCUT2D eigenvalue weighted by molar-refractivity contribution is 6.13. The largest absolute Gasteiger partial charge is 0.465 e. The second-order valence-corrected chi connectivity index (χ2v) is 10.5. The first-order valence-electron chi connectivity index (χ1n) is 13.3. The number of esters is 2. The summed E-state index contributed by atoms with van der Waals surface area (Å²) in [4.78, 5) is 78.9. The molecule has 14 heteroatoms. The molecule has 0 aliphatic heterocycles. The number of nitrogens with one attached hydrogen (secondary N) is 3. The zero-order valence-corrected chi connectivity index (χ0v) is 25.2. The van der Waals surface area contributed by atoms with E-state index in [1.54, 1.807) is 51.1 Å². The van der Waals surface area contributed by atoms with Crippen LogP contribution in [-0.2, 0) is 23.8 Å². The van der Waals surface area contributed by atoms with Crippen molar-refractivity contribution in [2.75, 3.05) is 24.5 Å². The third-order valence-electron chi connectivity index (χ3n) is 6.28. The molecule has 0 spiro atoms. The summed E-state index contributed by atoms with van der Waals surface area (Å²) in [5.41, 5.74) is 0.820. The molecule has 1 unspecified atom stereocenters. The van der Waals surface area contributed by atoms with Crippen molar-refractivity contribution >= 4 is 35.5 Å². The maximum Gasteiger partial charge on any atom is 0.436 e. The summed E-state index contributed by atoms with van der Waals surface area (Å²) >= 11 is 0. The van der Waals surface area contributed by atoms with Gasteiger partial charge in [-0.15, -0.1) is 0 Å². The van der Waals surface area contributed by atoms with Gasteiger partial charge in [-0.2, -0.15) is 4.68 Å². The van der Waals surface area contributed by atoms with Gasteiger partial charge in [0, 0.05) is 11.4 Å². The van der Waals surface area contributed by atoms with Gasteiger partial charge in [-0.25, -0.2) is 9.59 Å². The highest BCUT2D eigenvalue weighted by atomic mass is 16.6. The van der Waals surface area contributed by atoms with Gasteiger partial charge in [0.05, 0.1) is 41.8 Å². The van der Waals surface area contributed by atoms with Crippen LogP contribution in [0.25, 0.3) is 0 Å². The van der Waals surface area contributed by atoms with Crippen molar-refractivity contribution in [1.29, 1.82) is 0 Å². The van der Waals surface area contributed by atoms with Crippen molar-refractivity contribution < 1.29 is 38.2 Å². The second kappa shape index (κ2) is 12.8. The van der Waals surface area contributed by atoms with Crippen LogP contribution in [0, 0.1) is 20.8 Å². The minimum atomic E-state index is -1.84. The Morgan fingerprint density at radius 1 is 0.977 bits per heavy atom. The Kier molecular flexibility index (Phi) is 9.64. The van der Waals surface area contributed by atoms with Gasteiger partial charge in [0.2, 0.25) is 0 Å². The first-order valence-corrected chi connectivity index (χ1v) is 13.3. The lowest BCUT2D eigenvalue weighted by Crippen LogP contribution is -2.39. The SMILES string of the molecule is CCOC(=O)C(C(=O)Nn1c(C)c(C(=O)Nc2ccccc2)c(C(=O)OC)c1C)c1c(C)[nH]n(C(=O)OC(C)(C)C)c1=O. The van der Waals surface area contributed by atoms with Crippen molar-refractivity contribution in [2.45, 2.75) is 60.0 Å². The predicted octanol–water partition coefficient (Wildman–Crippen LogP) is 3.14. The maximum absolute atomic E-state index is 13.7. The smallest absolute Gasteiger partial charge is 0.436 e. The van der Waals surface area contributed by atoms with Crippen LogP contribution in [0.15, 0.2) is 35.1 Å². The molecule has 2 aromatic heterocycles. The van der Waals surface area contributed by atoms with Crippen molar-refractivity contribution in [1.82, 2.24) is 14.5 Å². The van der Waals surface area contributed by atoms with Crippen LogP contribution in [0.4, 0.5) is 10.5 Å². The number of methoxy groups -OCH3 is 1. The van der Waals surface area contributed by atoms with E-state index in [-0.39, 0.29) is 40.4 Å². The number of carbonyl (C=O) groups is 5. The van der Waals surface area contributed by atoms with Gasteiger partial charge in [0.15, 0.2) is 5.92 Å². The monoisotopic (exact) mass is 597 g/mol. The molecule has 0 aliphatic rings. The summed E-state index contributed by atoms with van der Waals surface area (Å²) < 4.78 is 17.0. The standard InChI is InChI=1S/C29H35N5O9/c1-9-42-27(39)22(19-15(2)31-34(25(19)37)28(40)43-29(5,6)7)24(36)32-33-16(3)20(21(17(33)4)26(38)41-8)23(35)30-18-13-11-10-12-14-18/h10-14,22,31H,9H2,1-8H3,(H,30,35)(H,32,36). The number of nitrogens with zero attached hydrogens (tertiary/aromatic N) is 2. The van der Waals surface area contributed by atoms with E-state index >= 15 is 0 Å². The van der Waals surface area contributed by atoms with E-state index in [1.807, 2.05) is 0 Å². The van der Waals surface area contributed by atoms with Gasteiger partial charge in [-0.3, -0.25) is 34.4 Å². The Bertz CT molecular complexity index is 1620. The topological polar surface area (TPSA) is 180 Å². The lowest BCUT2D eigenvalue weighted by molar-refractivity contribution is -0.147. The van der Waals surface area contributed by atoms with Crippen molar-refractivity contribution in [3.63, 3.8) is 0 Å². The number of anilines is 1. The summed E-state index contributed by atoms with van der Waals surface area (Å²) in [7, 11) is 1.15. The van der Waals surface area contributed by atoms with Crippen LogP contribution in [0.1, 0.15) is 77.0 Å². The third kappa shape index (κ3) is 6.85. The molecule has 0 radical (unpaired) electrons. The zero-order valence-electron chi connectivity index (χ0n) is 25.2. The van der Waals surface area contributed by atoms with Gasteiger partial charge < -0.3 is 19.5 Å². The number of ether oxygens (including phenoxy) is 3. The molecule has 3 N–H and O–H groups in total. The number of aromatic amines is 1. The van der Waals surface area contributed by atoms with Gasteiger partial charge >= 0.3 is 18.0 Å². The number of para-hydroxylation sites is 1. The Balaban J connectivity index is 2.10. The number of carbonyl (C=O) groups excluding carboxylic acids is 5. The van der Waals surface area contributed by atoms with Crippen molar-refractivity contribution in [2.24, 2.45) is 0 Å². The summed E-state index contributed by atoms with van der Waals surface area (Å²) in [6, 6.07) is 8.52. The number of H-pyrrole nitrogens is 1. The van der Waals surface area contributed by atoms with E-state index in [0.29, 0.717) is 10.4 Å². The van der Waals surface area contributed by atoms with E-state index in [9.17, 15) is 28.8 Å². The van der Waals surface area contributed by atoms with Gasteiger partial charge in [-0.05, 0) is 60.6 Å². The van der Waals surface area contributed by atoms with Crippen molar-refractivity contribution in [3.05, 3.63) is 74.5 Å². The zero-order chi connectivity index (χ0) is 32.2. The average Bonchev–Trinajstić information content (AvgIpc) is 3.35. The van der Waals surface area contributed by atoms with Crippen LogP contribution in [0.3, 0.4) is 0 Å². The molecule has 0 saturated carbocycles. The van der Waals surface area contributed by atoms with Crippen LogP contribution in [0.5, 0.6) is 0 Å². The van der Waals surface area contributed by atoms with E-state index in [2.05, 4.69) is 15.8 Å². The fourth-order valence-corrected chi connectivity index (χ4v) is 4.44. The minimum Gasteiger partial charge on any atom is -0.465 e. The quantitative estimate of drug-likeness (QED) is 0.200. The Hall–Kier alpha value is -5.14. The second-order valence-electron chi connectivity index (χ2n) is 10.5. The fraction of sp³-hybridized carbons (Fsp3) is 0.379. The van der Waals surface area contributed by atoms with Gasteiger partial charge in [0.1, 0.15) is 5.60 Å². The van der Waals surface area contributed by atoms with Crippen LogP contribution >= 0.6 is 0 Å². The number of amides is 2. The first-order chi connectivity index (χ1) is 20.1. The van der Waals surface area contributed by atoms with Crippen LogP contribution in [-0.4, -0.2) is 63.6 Å². The highest BCUT2D eigenvalue weighted by Crippen LogP contribution is 2.26. The molecule has 3 rings (SSSR count). The van der Waals surface area contributed by atoms with E-state index < -0.39 is 46.9 Å². The number of aromatic nitrogens is 3. The molecule has 3 aromatic rings.